The van der Waals surface area contributed by atoms with E-state index in [1.165, 1.54) is 50.1 Å². The number of hydrogen-bond acceptors (Lipinski definition) is 4. The lowest BCUT2D eigenvalue weighted by Crippen LogP contribution is -2.25. The molecule has 2 aliphatic rings. The molecular weight excluding hydrogens is 755 g/mol. The van der Waals surface area contributed by atoms with Gasteiger partial charge in [0, 0.05) is 27.5 Å². The van der Waals surface area contributed by atoms with Crippen LogP contribution in [0.2, 0.25) is 0 Å². The van der Waals surface area contributed by atoms with Crippen LogP contribution in [0.25, 0.3) is 101 Å². The summed E-state index contributed by atoms with van der Waals surface area (Å²) >= 11 is 0. The van der Waals surface area contributed by atoms with Crippen LogP contribution in [0.1, 0.15) is 22.3 Å². The maximum absolute atomic E-state index is 6.64. The van der Waals surface area contributed by atoms with Crippen molar-refractivity contribution in [2.45, 2.75) is 5.41 Å². The van der Waals surface area contributed by atoms with Gasteiger partial charge in [-0.2, -0.15) is 0 Å². The number of rotatable bonds is 5. The molecule has 62 heavy (non-hydrogen) atoms. The molecule has 11 aromatic rings. The van der Waals surface area contributed by atoms with Crippen LogP contribution in [0.5, 0.6) is 0 Å². The van der Waals surface area contributed by atoms with Gasteiger partial charge in [0.25, 0.3) is 0 Å². The van der Waals surface area contributed by atoms with Gasteiger partial charge in [0.15, 0.2) is 17.5 Å². The number of fused-ring (bicyclic) bond motifs is 13. The second kappa shape index (κ2) is 13.4. The van der Waals surface area contributed by atoms with E-state index in [1.54, 1.807) is 0 Å². The Morgan fingerprint density at radius 2 is 0.806 bits per heavy atom. The number of furan rings is 1. The van der Waals surface area contributed by atoms with Crippen LogP contribution in [-0.2, 0) is 5.41 Å². The van der Waals surface area contributed by atoms with Crippen LogP contribution in [0.4, 0.5) is 0 Å². The summed E-state index contributed by atoms with van der Waals surface area (Å²) in [6.07, 6.45) is 0. The molecule has 1 spiro atoms. The van der Waals surface area contributed by atoms with Crippen molar-refractivity contribution >= 4 is 21.9 Å². The van der Waals surface area contributed by atoms with E-state index in [4.69, 9.17) is 19.4 Å². The lowest BCUT2D eigenvalue weighted by Gasteiger charge is -2.30. The van der Waals surface area contributed by atoms with Gasteiger partial charge in [-0.3, -0.25) is 0 Å². The lowest BCUT2D eigenvalue weighted by molar-refractivity contribution is 0.669. The zero-order valence-electron chi connectivity index (χ0n) is 33.5. The van der Waals surface area contributed by atoms with E-state index in [0.717, 1.165) is 55.3 Å². The molecule has 0 atom stereocenters. The van der Waals surface area contributed by atoms with Crippen molar-refractivity contribution in [2.75, 3.05) is 0 Å². The standard InChI is InChI=1S/C58H35N3O/c1-3-17-36(18-4-1)39-21-7-8-24-43(39)56-59-55(37-19-5-2-6-20-37)60-57(61-56)45-27-16-32-52-54(45)46-35-38(33-34-51(46)62-52)40-26-15-31-50-53(40)44-25-11-14-30-49(44)58(50)47-28-12-9-22-41(47)42-23-10-13-29-48(42)58/h1-35H. The van der Waals surface area contributed by atoms with Gasteiger partial charge in [-0.05, 0) is 85.0 Å². The summed E-state index contributed by atoms with van der Waals surface area (Å²) in [5.74, 6) is 1.81. The zero-order valence-corrected chi connectivity index (χ0v) is 33.5. The molecule has 4 nitrogen and oxygen atoms in total. The molecule has 0 radical (unpaired) electrons. The summed E-state index contributed by atoms with van der Waals surface area (Å²) in [5, 5.41) is 1.98. The van der Waals surface area contributed by atoms with E-state index in [2.05, 4.69) is 170 Å². The Morgan fingerprint density at radius 1 is 0.306 bits per heavy atom. The Morgan fingerprint density at radius 3 is 1.52 bits per heavy atom. The molecule has 288 valence electrons. The molecule has 0 amide bonds. The summed E-state index contributed by atoms with van der Waals surface area (Å²) in [7, 11) is 0. The Labute approximate surface area is 358 Å². The minimum absolute atomic E-state index is 0.416. The van der Waals surface area contributed by atoms with Crippen LogP contribution in [0, 0.1) is 0 Å². The van der Waals surface area contributed by atoms with E-state index in [1.807, 2.05) is 42.5 Å². The van der Waals surface area contributed by atoms with Gasteiger partial charge in [-0.25, -0.2) is 15.0 Å². The fourth-order valence-electron chi connectivity index (χ4n) is 10.4. The van der Waals surface area contributed by atoms with E-state index >= 15 is 0 Å². The summed E-state index contributed by atoms with van der Waals surface area (Å²) < 4.78 is 6.64. The molecule has 0 fully saturated rings. The smallest absolute Gasteiger partial charge is 0.164 e. The number of hydrogen-bond donors (Lipinski definition) is 0. The molecule has 0 saturated carbocycles. The second-order valence-corrected chi connectivity index (χ2v) is 16.2. The van der Waals surface area contributed by atoms with Crippen LogP contribution in [0.15, 0.2) is 217 Å². The number of benzene rings is 9. The third kappa shape index (κ3) is 4.92. The van der Waals surface area contributed by atoms with Gasteiger partial charge < -0.3 is 4.42 Å². The molecule has 2 aromatic heterocycles. The Hall–Kier alpha value is -8.21. The van der Waals surface area contributed by atoms with Gasteiger partial charge in [-0.15, -0.1) is 0 Å². The quantitative estimate of drug-likeness (QED) is 0.174. The summed E-state index contributed by atoms with van der Waals surface area (Å²) in [4.78, 5) is 15.6. The highest BCUT2D eigenvalue weighted by Crippen LogP contribution is 2.64. The van der Waals surface area contributed by atoms with Gasteiger partial charge in [0.05, 0.1) is 5.41 Å². The predicted octanol–water partition coefficient (Wildman–Crippen LogP) is 14.4. The van der Waals surface area contributed by atoms with Crippen molar-refractivity contribution < 1.29 is 4.42 Å². The first-order valence-electron chi connectivity index (χ1n) is 21.1. The minimum atomic E-state index is -0.416. The van der Waals surface area contributed by atoms with Gasteiger partial charge in [0.1, 0.15) is 11.2 Å². The highest BCUT2D eigenvalue weighted by molar-refractivity contribution is 6.13. The largest absolute Gasteiger partial charge is 0.456 e. The van der Waals surface area contributed by atoms with Crippen molar-refractivity contribution in [3.63, 3.8) is 0 Å². The van der Waals surface area contributed by atoms with Gasteiger partial charge in [0.2, 0.25) is 0 Å². The molecule has 0 aliphatic heterocycles. The maximum Gasteiger partial charge on any atom is 0.164 e. The molecule has 9 aromatic carbocycles. The molecule has 2 heterocycles. The highest BCUT2D eigenvalue weighted by Gasteiger charge is 2.52. The zero-order chi connectivity index (χ0) is 40.8. The maximum atomic E-state index is 6.64. The topological polar surface area (TPSA) is 51.8 Å². The second-order valence-electron chi connectivity index (χ2n) is 16.2. The average molecular weight is 790 g/mol. The summed E-state index contributed by atoms with van der Waals surface area (Å²) in [6.45, 7) is 0. The monoisotopic (exact) mass is 789 g/mol. The van der Waals surface area contributed by atoms with Gasteiger partial charge >= 0.3 is 0 Å². The minimum Gasteiger partial charge on any atom is -0.456 e. The first kappa shape index (κ1) is 34.6. The van der Waals surface area contributed by atoms with Crippen molar-refractivity contribution in [1.82, 2.24) is 15.0 Å². The first-order valence-corrected chi connectivity index (χ1v) is 21.1. The molecule has 0 saturated heterocycles. The fraction of sp³-hybridized carbons (Fsp3) is 0.0172. The third-order valence-electron chi connectivity index (χ3n) is 13.0. The highest BCUT2D eigenvalue weighted by atomic mass is 16.3. The number of nitrogens with zero attached hydrogens (tertiary/aromatic N) is 3. The number of aromatic nitrogens is 3. The van der Waals surface area contributed by atoms with E-state index in [-0.39, 0.29) is 0 Å². The van der Waals surface area contributed by atoms with Crippen molar-refractivity contribution in [1.29, 1.82) is 0 Å². The SMILES string of the molecule is c1ccc(-c2nc(-c3ccccc3-c3ccccc3)nc(-c3cccc4oc5ccc(-c6cccc7c6-c6ccccc6C76c7ccccc7-c7ccccc76)cc5c34)n2)cc1. The predicted molar refractivity (Wildman–Crippen MR) is 251 cm³/mol. The van der Waals surface area contributed by atoms with E-state index in [9.17, 15) is 0 Å². The van der Waals surface area contributed by atoms with E-state index < -0.39 is 5.41 Å². The Kier molecular flexibility index (Phi) is 7.49. The molecule has 13 rings (SSSR count). The lowest BCUT2D eigenvalue weighted by atomic mass is 9.70. The molecule has 2 aliphatic carbocycles. The summed E-state index contributed by atoms with van der Waals surface area (Å²) in [5.41, 5.74) is 18.8. The first-order chi connectivity index (χ1) is 30.8. The van der Waals surface area contributed by atoms with Crippen LogP contribution >= 0.6 is 0 Å². The molecule has 0 N–H and O–H groups in total. The van der Waals surface area contributed by atoms with Crippen molar-refractivity contribution in [2.24, 2.45) is 0 Å². The molecule has 0 unspecified atom stereocenters. The van der Waals surface area contributed by atoms with Gasteiger partial charge in [-0.1, -0.05) is 194 Å². The fourth-order valence-corrected chi connectivity index (χ4v) is 10.4. The molecule has 0 bridgehead atoms. The van der Waals surface area contributed by atoms with Crippen LogP contribution in [0.3, 0.4) is 0 Å². The molecule has 4 heteroatoms. The van der Waals surface area contributed by atoms with Crippen LogP contribution < -0.4 is 0 Å². The van der Waals surface area contributed by atoms with Crippen molar-refractivity contribution in [3.8, 4) is 78.7 Å². The Balaban J connectivity index is 1.03. The molecular formula is C58H35N3O. The van der Waals surface area contributed by atoms with Crippen molar-refractivity contribution in [3.05, 3.63) is 235 Å². The normalized spacial score (nSPS) is 13.0. The average Bonchev–Trinajstić information content (AvgIpc) is 3.98. The van der Waals surface area contributed by atoms with Crippen LogP contribution in [-0.4, -0.2) is 15.0 Å². The third-order valence-corrected chi connectivity index (χ3v) is 13.0. The summed E-state index contributed by atoms with van der Waals surface area (Å²) in [6, 6.07) is 75.5. The Bertz CT molecular complexity index is 3540. The van der Waals surface area contributed by atoms with E-state index in [0.29, 0.717) is 17.5 Å².